The van der Waals surface area contributed by atoms with E-state index in [1.807, 2.05) is 42.5 Å². The highest BCUT2D eigenvalue weighted by Gasteiger charge is 2.41. The van der Waals surface area contributed by atoms with Crippen molar-refractivity contribution < 1.29 is 4.79 Å². The van der Waals surface area contributed by atoms with Crippen LogP contribution in [-0.4, -0.2) is 40.7 Å². The molecule has 0 radical (unpaired) electrons. The number of amides is 1. The number of piperidine rings is 1. The summed E-state index contributed by atoms with van der Waals surface area (Å²) in [6.07, 6.45) is 1.65. The maximum absolute atomic E-state index is 13.8. The van der Waals surface area contributed by atoms with Crippen LogP contribution in [0.2, 0.25) is 5.02 Å². The Kier molecular flexibility index (Phi) is 7.97. The van der Waals surface area contributed by atoms with Crippen LogP contribution < -0.4 is 5.32 Å². The largest absolute Gasteiger partial charge is 0.308 e. The van der Waals surface area contributed by atoms with Gasteiger partial charge in [-0.1, -0.05) is 127 Å². The van der Waals surface area contributed by atoms with E-state index >= 15 is 0 Å². The van der Waals surface area contributed by atoms with Crippen LogP contribution in [0.25, 0.3) is 22.0 Å². The molecule has 0 bridgehead atoms. The van der Waals surface area contributed by atoms with E-state index in [4.69, 9.17) is 16.7 Å². The molecule has 5 aromatic carbocycles. The maximum Gasteiger partial charge on any atom is 0.228 e. The zero-order valence-electron chi connectivity index (χ0n) is 25.2. The van der Waals surface area contributed by atoms with Crippen LogP contribution in [0, 0.1) is 5.92 Å². The van der Waals surface area contributed by atoms with Gasteiger partial charge in [0.15, 0.2) is 5.82 Å². The predicted octanol–water partition coefficient (Wildman–Crippen LogP) is 8.48. The Morgan fingerprint density at radius 2 is 1.29 bits per heavy atom. The summed E-state index contributed by atoms with van der Waals surface area (Å²) < 4.78 is 2.10. The molecular weight excluding hydrogens is 576 g/mol. The standard InChI is InChI=1S/C39H35ClN4O/c1-43-25-23-28(24-26-43)38(45)41-37-34-27-29(33-19-11-12-20-35(33)40)21-22-36(34)44(42-37)39(30-13-5-2-6-14-30,31-15-7-3-8-16-31)32-17-9-4-10-18-32/h2-22,27-28H,23-26H2,1H3,(H,41,42,45). The monoisotopic (exact) mass is 610 g/mol. The maximum atomic E-state index is 13.8. The van der Waals surface area contributed by atoms with Crippen molar-refractivity contribution in [2.75, 3.05) is 25.5 Å². The lowest BCUT2D eigenvalue weighted by Crippen LogP contribution is -2.39. The van der Waals surface area contributed by atoms with Gasteiger partial charge < -0.3 is 10.2 Å². The summed E-state index contributed by atoms with van der Waals surface area (Å²) >= 11 is 6.67. The van der Waals surface area contributed by atoms with Crippen LogP contribution in [0.5, 0.6) is 0 Å². The van der Waals surface area contributed by atoms with Crippen LogP contribution in [0.15, 0.2) is 133 Å². The molecular formula is C39H35ClN4O. The summed E-state index contributed by atoms with van der Waals surface area (Å²) in [5.74, 6) is 0.507. The van der Waals surface area contributed by atoms with Crippen molar-refractivity contribution in [1.29, 1.82) is 0 Å². The van der Waals surface area contributed by atoms with E-state index in [1.165, 1.54) is 0 Å². The lowest BCUT2D eigenvalue weighted by Gasteiger charge is -2.37. The third-order valence-corrected chi connectivity index (χ3v) is 9.42. The van der Waals surface area contributed by atoms with Crippen molar-refractivity contribution in [3.63, 3.8) is 0 Å². The minimum atomic E-state index is -0.829. The molecule has 0 unspecified atom stereocenters. The smallest absolute Gasteiger partial charge is 0.228 e. The summed E-state index contributed by atoms with van der Waals surface area (Å²) in [7, 11) is 2.11. The Balaban J connectivity index is 1.50. The molecule has 1 fully saturated rings. The first-order valence-corrected chi connectivity index (χ1v) is 15.9. The van der Waals surface area contributed by atoms with Gasteiger partial charge in [-0.3, -0.25) is 4.79 Å². The van der Waals surface area contributed by atoms with Gasteiger partial charge in [-0.05, 0) is 73.4 Å². The number of benzene rings is 5. The molecule has 1 aromatic heterocycles. The molecule has 0 spiro atoms. The first-order valence-electron chi connectivity index (χ1n) is 15.5. The van der Waals surface area contributed by atoms with Crippen molar-refractivity contribution in [2.45, 2.75) is 18.4 Å². The average molecular weight is 611 g/mol. The van der Waals surface area contributed by atoms with Crippen molar-refractivity contribution in [3.05, 3.63) is 155 Å². The fourth-order valence-electron chi connectivity index (χ4n) is 6.72. The first kappa shape index (κ1) is 29.0. The van der Waals surface area contributed by atoms with Crippen molar-refractivity contribution in [3.8, 4) is 11.1 Å². The molecule has 1 aliphatic rings. The van der Waals surface area contributed by atoms with Crippen molar-refractivity contribution >= 4 is 34.2 Å². The minimum Gasteiger partial charge on any atom is -0.308 e. The molecule has 1 amide bonds. The van der Waals surface area contributed by atoms with Crippen LogP contribution in [0.3, 0.4) is 0 Å². The van der Waals surface area contributed by atoms with Gasteiger partial charge in [0.05, 0.1) is 5.52 Å². The Bertz CT molecular complexity index is 1830. The molecule has 6 aromatic rings. The second-order valence-corrected chi connectivity index (χ2v) is 12.3. The molecule has 0 atom stereocenters. The van der Waals surface area contributed by atoms with Crippen molar-refractivity contribution in [2.24, 2.45) is 5.92 Å². The average Bonchev–Trinajstić information content (AvgIpc) is 3.44. The summed E-state index contributed by atoms with van der Waals surface area (Å²) in [5.41, 5.74) is 5.17. The number of hydrogen-bond acceptors (Lipinski definition) is 3. The molecule has 45 heavy (non-hydrogen) atoms. The first-order chi connectivity index (χ1) is 22.1. The SMILES string of the molecule is CN1CCC(C(=O)Nc2nn(C(c3ccccc3)(c3ccccc3)c3ccccc3)c3ccc(-c4ccccc4Cl)cc23)CC1. The van der Waals surface area contributed by atoms with E-state index < -0.39 is 5.54 Å². The summed E-state index contributed by atoms with van der Waals surface area (Å²) in [6.45, 7) is 1.81. The van der Waals surface area contributed by atoms with E-state index in [-0.39, 0.29) is 11.8 Å². The van der Waals surface area contributed by atoms with Gasteiger partial charge in [0.2, 0.25) is 5.91 Å². The number of aromatic nitrogens is 2. The quantitative estimate of drug-likeness (QED) is 0.184. The highest BCUT2D eigenvalue weighted by atomic mass is 35.5. The van der Waals surface area contributed by atoms with Crippen LogP contribution in [0.4, 0.5) is 5.82 Å². The zero-order chi connectivity index (χ0) is 30.8. The molecule has 6 heteroatoms. The summed E-state index contributed by atoms with van der Waals surface area (Å²) in [5, 5.41) is 10.2. The van der Waals surface area contributed by atoms with Crippen LogP contribution in [-0.2, 0) is 10.3 Å². The number of rotatable bonds is 7. The van der Waals surface area contributed by atoms with Gasteiger partial charge in [-0.15, -0.1) is 0 Å². The highest BCUT2D eigenvalue weighted by Crippen LogP contribution is 2.44. The van der Waals surface area contributed by atoms with E-state index in [0.717, 1.165) is 64.7 Å². The van der Waals surface area contributed by atoms with E-state index in [9.17, 15) is 4.79 Å². The van der Waals surface area contributed by atoms with Crippen LogP contribution >= 0.6 is 11.6 Å². The zero-order valence-corrected chi connectivity index (χ0v) is 26.0. The fraction of sp³-hybridized carbons (Fsp3) is 0.179. The number of carbonyl (C=O) groups excluding carboxylic acids is 1. The van der Waals surface area contributed by atoms with Gasteiger partial charge in [-0.25, -0.2) is 4.68 Å². The number of fused-ring (bicyclic) bond motifs is 1. The summed E-state index contributed by atoms with van der Waals surface area (Å²) in [4.78, 5) is 16.1. The molecule has 5 nitrogen and oxygen atoms in total. The third-order valence-electron chi connectivity index (χ3n) is 9.09. The fourth-order valence-corrected chi connectivity index (χ4v) is 6.97. The molecule has 0 saturated carbocycles. The third kappa shape index (κ3) is 5.33. The van der Waals surface area contributed by atoms with E-state index in [0.29, 0.717) is 10.8 Å². The molecule has 1 N–H and O–H groups in total. The Labute approximate surface area is 269 Å². The Morgan fingerprint density at radius 3 is 1.84 bits per heavy atom. The topological polar surface area (TPSA) is 50.2 Å². The molecule has 7 rings (SSSR count). The number of nitrogens with one attached hydrogen (secondary N) is 1. The van der Waals surface area contributed by atoms with Gasteiger partial charge in [0.1, 0.15) is 5.54 Å². The molecule has 1 saturated heterocycles. The lowest BCUT2D eigenvalue weighted by atomic mass is 9.77. The molecule has 0 aliphatic carbocycles. The van der Waals surface area contributed by atoms with E-state index in [2.05, 4.69) is 113 Å². The Morgan fingerprint density at radius 1 is 0.756 bits per heavy atom. The van der Waals surface area contributed by atoms with Gasteiger partial charge in [0, 0.05) is 21.9 Å². The molecule has 1 aliphatic heterocycles. The number of anilines is 1. The second kappa shape index (κ2) is 12.4. The van der Waals surface area contributed by atoms with Crippen LogP contribution in [0.1, 0.15) is 29.5 Å². The Hall–Kier alpha value is -4.71. The molecule has 224 valence electrons. The highest BCUT2D eigenvalue weighted by molar-refractivity contribution is 6.33. The van der Waals surface area contributed by atoms with Crippen molar-refractivity contribution in [1.82, 2.24) is 14.7 Å². The predicted molar refractivity (Wildman–Crippen MR) is 184 cm³/mol. The minimum absolute atomic E-state index is 0.0162. The number of hydrogen-bond donors (Lipinski definition) is 1. The number of carbonyl (C=O) groups is 1. The second-order valence-electron chi connectivity index (χ2n) is 11.8. The number of likely N-dealkylation sites (tertiary alicyclic amines) is 1. The molecule has 2 heterocycles. The van der Waals surface area contributed by atoms with Gasteiger partial charge >= 0.3 is 0 Å². The normalized spacial score (nSPS) is 14.4. The number of halogens is 1. The van der Waals surface area contributed by atoms with Gasteiger partial charge in [-0.2, -0.15) is 5.10 Å². The number of nitrogens with zero attached hydrogens (tertiary/aromatic N) is 3. The summed E-state index contributed by atoms with van der Waals surface area (Å²) in [6, 6.07) is 45.6. The lowest BCUT2D eigenvalue weighted by molar-refractivity contribution is -0.121. The van der Waals surface area contributed by atoms with Gasteiger partial charge in [0.25, 0.3) is 0 Å². The van der Waals surface area contributed by atoms with E-state index in [1.54, 1.807) is 0 Å².